The molecule has 1 amide bonds. The molecule has 1 saturated heterocycles. The number of benzene rings is 1. The van der Waals surface area contributed by atoms with Gasteiger partial charge < -0.3 is 18.8 Å². The van der Waals surface area contributed by atoms with Gasteiger partial charge in [0.05, 0.1) is 42.6 Å². The normalized spacial score (nSPS) is 20.4. The Balaban J connectivity index is 1.39. The molecule has 2 aliphatic heterocycles. The van der Waals surface area contributed by atoms with E-state index in [1.165, 1.54) is 23.2 Å². The molecule has 2 aromatic heterocycles. The number of rotatable bonds is 5. The first kappa shape index (κ1) is 21.3. The molecule has 4 heterocycles. The summed E-state index contributed by atoms with van der Waals surface area (Å²) in [5.74, 6) is -3.63. The van der Waals surface area contributed by atoms with Gasteiger partial charge in [-0.2, -0.15) is 8.78 Å². The Kier molecular flexibility index (Phi) is 5.44. The van der Waals surface area contributed by atoms with E-state index in [0.717, 1.165) is 12.1 Å². The van der Waals surface area contributed by atoms with Gasteiger partial charge in [0, 0.05) is 12.6 Å². The first-order valence-electron chi connectivity index (χ1n) is 10.0. The molecule has 5 rings (SSSR count). The molecule has 2 aliphatic rings. The van der Waals surface area contributed by atoms with Gasteiger partial charge >= 0.3 is 6.43 Å². The fourth-order valence-electron chi connectivity index (χ4n) is 3.89. The summed E-state index contributed by atoms with van der Waals surface area (Å²) < 4.78 is 69.8. The van der Waals surface area contributed by atoms with E-state index in [1.54, 1.807) is 0 Å². The van der Waals surface area contributed by atoms with Crippen LogP contribution in [0.15, 0.2) is 34.9 Å². The fourth-order valence-corrected chi connectivity index (χ4v) is 3.89. The van der Waals surface area contributed by atoms with Crippen LogP contribution in [0.1, 0.15) is 34.8 Å². The van der Waals surface area contributed by atoms with E-state index in [-0.39, 0.29) is 30.2 Å². The Labute approximate surface area is 184 Å². The second kappa shape index (κ2) is 8.43. The average Bonchev–Trinajstić information content (AvgIpc) is 3.42. The zero-order chi connectivity index (χ0) is 23.1. The molecule has 0 spiro atoms. The van der Waals surface area contributed by atoms with Crippen LogP contribution >= 0.6 is 0 Å². The molecule has 3 aromatic rings. The van der Waals surface area contributed by atoms with E-state index in [1.807, 2.05) is 0 Å². The predicted molar refractivity (Wildman–Crippen MR) is 102 cm³/mol. The second-order valence-corrected chi connectivity index (χ2v) is 7.54. The second-order valence-electron chi connectivity index (χ2n) is 7.54. The van der Waals surface area contributed by atoms with Gasteiger partial charge in [-0.3, -0.25) is 9.78 Å². The number of carbonyl (C=O) groups is 1. The summed E-state index contributed by atoms with van der Waals surface area (Å²) in [6.07, 6.45) is -1.98. The van der Waals surface area contributed by atoms with Crippen LogP contribution in [-0.2, 0) is 11.3 Å². The van der Waals surface area contributed by atoms with E-state index in [9.17, 15) is 22.4 Å². The molecule has 0 saturated carbocycles. The highest BCUT2D eigenvalue weighted by atomic mass is 19.3. The van der Waals surface area contributed by atoms with Crippen molar-refractivity contribution in [2.75, 3.05) is 13.2 Å². The molecule has 0 unspecified atom stereocenters. The number of fused-ring (bicyclic) bond motifs is 1. The molecule has 1 aromatic carbocycles. The quantitative estimate of drug-likeness (QED) is 0.534. The minimum atomic E-state index is -2.92. The molecular formula is C21H16F4N4O4. The number of hydrogen-bond donors (Lipinski definition) is 0. The van der Waals surface area contributed by atoms with Crippen LogP contribution in [0.25, 0.3) is 11.5 Å². The third-order valence-electron chi connectivity index (χ3n) is 5.51. The molecule has 172 valence electrons. The molecule has 0 aliphatic carbocycles. The van der Waals surface area contributed by atoms with Crippen LogP contribution < -0.4 is 4.74 Å². The number of aromatic nitrogens is 3. The van der Waals surface area contributed by atoms with E-state index < -0.39 is 47.8 Å². The number of nitrogens with zero attached hydrogens (tertiary/aromatic N) is 4. The van der Waals surface area contributed by atoms with Crippen molar-refractivity contribution in [3.63, 3.8) is 0 Å². The molecule has 1 fully saturated rings. The summed E-state index contributed by atoms with van der Waals surface area (Å²) in [6.45, 7) is 0.529. The molecule has 2 atom stereocenters. The number of amides is 1. The number of hydrogen-bond acceptors (Lipinski definition) is 7. The molecule has 0 N–H and O–H groups in total. The number of halogens is 4. The summed E-state index contributed by atoms with van der Waals surface area (Å²) in [6, 6.07) is 4.22. The lowest BCUT2D eigenvalue weighted by atomic mass is 10.0. The van der Waals surface area contributed by atoms with Gasteiger partial charge in [-0.25, -0.2) is 8.78 Å². The molecule has 0 radical (unpaired) electrons. The van der Waals surface area contributed by atoms with Gasteiger partial charge in [-0.1, -0.05) is 6.07 Å². The van der Waals surface area contributed by atoms with E-state index in [0.29, 0.717) is 18.7 Å². The van der Waals surface area contributed by atoms with Gasteiger partial charge in [0.1, 0.15) is 6.10 Å². The van der Waals surface area contributed by atoms with Crippen LogP contribution in [0.2, 0.25) is 0 Å². The largest absolute Gasteiger partial charge is 0.482 e. The van der Waals surface area contributed by atoms with Crippen LogP contribution in [0, 0.1) is 11.6 Å². The van der Waals surface area contributed by atoms with Gasteiger partial charge in [0.2, 0.25) is 5.89 Å². The Hall–Kier alpha value is -3.54. The summed E-state index contributed by atoms with van der Waals surface area (Å²) in [7, 11) is 0. The standard InChI is InChI=1S/C21H16F4N4O4/c22-12-2-1-3-13(23)17(12)32-16-4-5-31-9-15(16)29-8-14-11(21(29)30)6-10(7-26-14)19-27-28-20(33-19)18(24)25/h1-3,6-7,15-16,18H,4-5,8-9H2/t15-,16-/m1/s1. The molecule has 33 heavy (non-hydrogen) atoms. The first-order valence-corrected chi connectivity index (χ1v) is 10.0. The highest BCUT2D eigenvalue weighted by Crippen LogP contribution is 2.32. The molecule has 12 heteroatoms. The van der Waals surface area contributed by atoms with Crippen molar-refractivity contribution in [2.45, 2.75) is 31.5 Å². The number of pyridine rings is 1. The lowest BCUT2D eigenvalue weighted by Gasteiger charge is -2.37. The summed E-state index contributed by atoms with van der Waals surface area (Å²) in [4.78, 5) is 18.9. The lowest BCUT2D eigenvalue weighted by Crippen LogP contribution is -2.52. The van der Waals surface area contributed by atoms with Gasteiger partial charge in [-0.05, 0) is 18.2 Å². The number of carbonyl (C=O) groups excluding carboxylic acids is 1. The SMILES string of the molecule is O=C1c2cc(-c3nnc(C(F)F)o3)cnc2CN1[C@@H]1COCC[C@H]1Oc1c(F)cccc1F. The third kappa shape index (κ3) is 3.90. The van der Waals surface area contributed by atoms with Crippen molar-refractivity contribution in [1.82, 2.24) is 20.1 Å². The van der Waals surface area contributed by atoms with Crippen molar-refractivity contribution < 1.29 is 36.2 Å². The van der Waals surface area contributed by atoms with Crippen molar-refractivity contribution in [1.29, 1.82) is 0 Å². The summed E-state index contributed by atoms with van der Waals surface area (Å²) >= 11 is 0. The maximum Gasteiger partial charge on any atom is 0.314 e. The highest BCUT2D eigenvalue weighted by Gasteiger charge is 2.41. The number of para-hydroxylation sites is 1. The van der Waals surface area contributed by atoms with Crippen LogP contribution in [0.4, 0.5) is 17.6 Å². The number of ether oxygens (including phenoxy) is 2. The topological polar surface area (TPSA) is 90.6 Å². The third-order valence-corrected chi connectivity index (χ3v) is 5.51. The van der Waals surface area contributed by atoms with Crippen LogP contribution in [-0.4, -0.2) is 51.3 Å². The molecular weight excluding hydrogens is 448 g/mol. The Bertz CT molecular complexity index is 1180. The minimum absolute atomic E-state index is 0.106. The fraction of sp³-hybridized carbons (Fsp3) is 0.333. The zero-order valence-corrected chi connectivity index (χ0v) is 16.9. The maximum absolute atomic E-state index is 14.1. The highest BCUT2D eigenvalue weighted by molar-refractivity contribution is 5.99. The Morgan fingerprint density at radius 1 is 1.18 bits per heavy atom. The van der Waals surface area contributed by atoms with Crippen molar-refractivity contribution in [3.8, 4) is 17.2 Å². The van der Waals surface area contributed by atoms with Crippen molar-refractivity contribution in [3.05, 3.63) is 59.2 Å². The summed E-state index contributed by atoms with van der Waals surface area (Å²) in [5.41, 5.74) is 0.883. The smallest absolute Gasteiger partial charge is 0.314 e. The lowest BCUT2D eigenvalue weighted by molar-refractivity contribution is -0.0450. The monoisotopic (exact) mass is 464 g/mol. The van der Waals surface area contributed by atoms with Gasteiger partial charge in [-0.15, -0.1) is 10.2 Å². The van der Waals surface area contributed by atoms with E-state index >= 15 is 0 Å². The van der Waals surface area contributed by atoms with E-state index in [4.69, 9.17) is 13.9 Å². The van der Waals surface area contributed by atoms with E-state index in [2.05, 4.69) is 15.2 Å². The average molecular weight is 464 g/mol. The minimum Gasteiger partial charge on any atom is -0.482 e. The Morgan fingerprint density at radius 3 is 2.70 bits per heavy atom. The maximum atomic E-state index is 14.1. The van der Waals surface area contributed by atoms with Crippen LogP contribution in [0.5, 0.6) is 5.75 Å². The molecule has 0 bridgehead atoms. The van der Waals surface area contributed by atoms with Crippen molar-refractivity contribution >= 4 is 5.91 Å². The predicted octanol–water partition coefficient (Wildman–Crippen LogP) is 3.54. The van der Waals surface area contributed by atoms with Crippen molar-refractivity contribution in [2.24, 2.45) is 0 Å². The molecule has 8 nitrogen and oxygen atoms in total. The van der Waals surface area contributed by atoms with Gasteiger partial charge in [0.25, 0.3) is 11.8 Å². The van der Waals surface area contributed by atoms with Crippen LogP contribution in [0.3, 0.4) is 0 Å². The first-order chi connectivity index (χ1) is 15.9. The number of alkyl halides is 2. The van der Waals surface area contributed by atoms with Gasteiger partial charge in [0.15, 0.2) is 17.4 Å². The zero-order valence-electron chi connectivity index (χ0n) is 16.9. The summed E-state index contributed by atoms with van der Waals surface area (Å²) in [5, 5.41) is 6.84. The Morgan fingerprint density at radius 2 is 1.97 bits per heavy atom.